The van der Waals surface area contributed by atoms with Crippen molar-refractivity contribution in [2.75, 3.05) is 0 Å². The zero-order valence-electron chi connectivity index (χ0n) is 15.3. The van der Waals surface area contributed by atoms with Gasteiger partial charge in [0.25, 0.3) is 0 Å². The molecule has 0 saturated heterocycles. The van der Waals surface area contributed by atoms with Crippen molar-refractivity contribution in [1.82, 2.24) is 4.31 Å². The van der Waals surface area contributed by atoms with E-state index in [1.165, 1.54) is 4.31 Å². The van der Waals surface area contributed by atoms with Crippen molar-refractivity contribution in [3.63, 3.8) is 0 Å². The average molecular weight is 378 g/mol. The molecule has 0 aliphatic heterocycles. The predicted molar refractivity (Wildman–Crippen MR) is 110 cm³/mol. The third-order valence-corrected chi connectivity index (χ3v) is 6.32. The summed E-state index contributed by atoms with van der Waals surface area (Å²) < 4.78 is 28.5. The van der Waals surface area contributed by atoms with Gasteiger partial charge in [0, 0.05) is 6.54 Å². The predicted octanol–water partition coefficient (Wildman–Crippen LogP) is 5.11. The molecule has 3 aromatic carbocycles. The smallest absolute Gasteiger partial charge is 0.207 e. The number of aryl methyl sites for hydroxylation is 1. The zero-order chi connectivity index (χ0) is 19.3. The molecule has 0 saturated carbocycles. The van der Waals surface area contributed by atoms with Gasteiger partial charge in [0.1, 0.15) is 0 Å². The lowest BCUT2D eigenvalue weighted by atomic mass is 10.1. The first-order valence-corrected chi connectivity index (χ1v) is 10.3. The van der Waals surface area contributed by atoms with Crippen LogP contribution < -0.4 is 0 Å². The number of hydrogen-bond donors (Lipinski definition) is 0. The first-order chi connectivity index (χ1) is 13.0. The van der Waals surface area contributed by atoms with Crippen molar-refractivity contribution in [3.8, 4) is 0 Å². The van der Waals surface area contributed by atoms with E-state index in [2.05, 4.69) is 6.58 Å². The molecule has 0 spiro atoms. The van der Waals surface area contributed by atoms with Gasteiger partial charge in [-0.3, -0.25) is 0 Å². The molecule has 0 aliphatic rings. The Morgan fingerprint density at radius 2 is 1.44 bits per heavy atom. The molecule has 138 valence electrons. The van der Waals surface area contributed by atoms with E-state index in [1.54, 1.807) is 18.2 Å². The molecule has 0 N–H and O–H groups in total. The lowest BCUT2D eigenvalue weighted by Crippen LogP contribution is -2.33. The highest BCUT2D eigenvalue weighted by atomic mass is 32.2. The van der Waals surface area contributed by atoms with Gasteiger partial charge in [-0.2, -0.15) is 4.31 Å². The summed E-state index contributed by atoms with van der Waals surface area (Å²) in [5.74, 6) is 0. The SMILES string of the molecule is C=CC(c1ccccc1)N(Cc1ccccc1)S(=O)(=O)c1ccc(C)cc1. The number of hydrogen-bond acceptors (Lipinski definition) is 2. The molecule has 3 nitrogen and oxygen atoms in total. The molecule has 0 amide bonds. The Hall–Kier alpha value is -2.69. The van der Waals surface area contributed by atoms with Crippen LogP contribution in [0.2, 0.25) is 0 Å². The van der Waals surface area contributed by atoms with Crippen LogP contribution in [0.25, 0.3) is 0 Å². The highest BCUT2D eigenvalue weighted by Gasteiger charge is 2.31. The van der Waals surface area contributed by atoms with Crippen LogP contribution in [0.5, 0.6) is 0 Å². The molecule has 1 unspecified atom stereocenters. The van der Waals surface area contributed by atoms with Crippen LogP contribution in [0.1, 0.15) is 22.7 Å². The molecule has 0 aliphatic carbocycles. The molecule has 0 fully saturated rings. The fraction of sp³-hybridized carbons (Fsp3) is 0.130. The molecule has 0 bridgehead atoms. The van der Waals surface area contributed by atoms with Crippen LogP contribution in [0, 0.1) is 6.92 Å². The molecule has 1 atom stereocenters. The highest BCUT2D eigenvalue weighted by molar-refractivity contribution is 7.89. The molecular weight excluding hydrogens is 354 g/mol. The molecule has 4 heteroatoms. The first-order valence-electron chi connectivity index (χ1n) is 8.82. The number of benzene rings is 3. The van der Waals surface area contributed by atoms with E-state index in [1.807, 2.05) is 79.7 Å². The maximum Gasteiger partial charge on any atom is 0.244 e. The Morgan fingerprint density at radius 1 is 0.889 bits per heavy atom. The molecule has 3 rings (SSSR count). The Kier molecular flexibility index (Phi) is 5.89. The largest absolute Gasteiger partial charge is 0.244 e. The molecule has 0 heterocycles. The summed E-state index contributed by atoms with van der Waals surface area (Å²) in [4.78, 5) is 0.284. The van der Waals surface area contributed by atoms with Crippen molar-refractivity contribution in [2.24, 2.45) is 0 Å². The topological polar surface area (TPSA) is 37.4 Å². The van der Waals surface area contributed by atoms with Gasteiger partial charge in [-0.1, -0.05) is 84.4 Å². The van der Waals surface area contributed by atoms with Gasteiger partial charge >= 0.3 is 0 Å². The maximum atomic E-state index is 13.5. The Bertz CT molecular complexity index is 982. The number of nitrogens with zero attached hydrogens (tertiary/aromatic N) is 1. The van der Waals surface area contributed by atoms with Crippen LogP contribution in [-0.2, 0) is 16.6 Å². The molecular formula is C23H23NO2S. The fourth-order valence-corrected chi connectivity index (χ4v) is 4.59. The van der Waals surface area contributed by atoms with Crippen LogP contribution in [0.15, 0.2) is 102 Å². The minimum absolute atomic E-state index is 0.266. The Balaban J connectivity index is 2.08. The van der Waals surface area contributed by atoms with E-state index in [0.29, 0.717) is 0 Å². The van der Waals surface area contributed by atoms with E-state index in [9.17, 15) is 8.42 Å². The summed E-state index contributed by atoms with van der Waals surface area (Å²) in [5.41, 5.74) is 2.84. The zero-order valence-corrected chi connectivity index (χ0v) is 16.1. The summed E-state index contributed by atoms with van der Waals surface area (Å²) >= 11 is 0. The molecule has 27 heavy (non-hydrogen) atoms. The summed E-state index contributed by atoms with van der Waals surface area (Å²) in [6, 6.07) is 25.7. The van der Waals surface area contributed by atoms with Gasteiger partial charge in [-0.15, -0.1) is 6.58 Å². The monoisotopic (exact) mass is 377 g/mol. The summed E-state index contributed by atoms with van der Waals surface area (Å²) in [7, 11) is -3.71. The second-order valence-electron chi connectivity index (χ2n) is 6.44. The van der Waals surface area contributed by atoms with E-state index in [-0.39, 0.29) is 11.4 Å². The fourth-order valence-electron chi connectivity index (χ4n) is 3.01. The normalized spacial score (nSPS) is 12.7. The maximum absolute atomic E-state index is 13.5. The van der Waals surface area contributed by atoms with Gasteiger partial charge in [0.05, 0.1) is 10.9 Å². The third-order valence-electron chi connectivity index (χ3n) is 4.48. The second kappa shape index (κ2) is 8.33. The van der Waals surface area contributed by atoms with Crippen LogP contribution in [0.3, 0.4) is 0 Å². The Labute approximate surface area is 161 Å². The van der Waals surface area contributed by atoms with Crippen LogP contribution >= 0.6 is 0 Å². The lowest BCUT2D eigenvalue weighted by molar-refractivity contribution is 0.361. The summed E-state index contributed by atoms with van der Waals surface area (Å²) in [6.07, 6.45) is 1.68. The van der Waals surface area contributed by atoms with Crippen molar-refractivity contribution in [2.45, 2.75) is 24.4 Å². The molecule has 3 aromatic rings. The highest BCUT2D eigenvalue weighted by Crippen LogP contribution is 2.30. The van der Waals surface area contributed by atoms with Gasteiger partial charge < -0.3 is 0 Å². The van der Waals surface area contributed by atoms with Crippen molar-refractivity contribution >= 4 is 10.0 Å². The van der Waals surface area contributed by atoms with Crippen LogP contribution in [0.4, 0.5) is 0 Å². The lowest BCUT2D eigenvalue weighted by Gasteiger charge is -2.29. The van der Waals surface area contributed by atoms with Crippen molar-refractivity contribution in [1.29, 1.82) is 0 Å². The van der Waals surface area contributed by atoms with E-state index in [0.717, 1.165) is 16.7 Å². The number of sulfonamides is 1. The van der Waals surface area contributed by atoms with Gasteiger partial charge in [-0.25, -0.2) is 8.42 Å². The third kappa shape index (κ3) is 4.35. The van der Waals surface area contributed by atoms with Gasteiger partial charge in [0.15, 0.2) is 0 Å². The summed E-state index contributed by atoms with van der Waals surface area (Å²) in [5, 5.41) is 0. The number of rotatable bonds is 7. The van der Waals surface area contributed by atoms with E-state index in [4.69, 9.17) is 0 Å². The summed E-state index contributed by atoms with van der Waals surface area (Å²) in [6.45, 7) is 6.12. The van der Waals surface area contributed by atoms with Gasteiger partial charge in [0.2, 0.25) is 10.0 Å². The van der Waals surface area contributed by atoms with Crippen molar-refractivity contribution in [3.05, 3.63) is 114 Å². The van der Waals surface area contributed by atoms with E-state index >= 15 is 0 Å². The quantitative estimate of drug-likeness (QED) is 0.536. The van der Waals surface area contributed by atoms with E-state index < -0.39 is 16.1 Å². The van der Waals surface area contributed by atoms with Crippen LogP contribution in [-0.4, -0.2) is 12.7 Å². The minimum atomic E-state index is -3.71. The first kappa shape index (κ1) is 19.1. The second-order valence-corrected chi connectivity index (χ2v) is 8.33. The Morgan fingerprint density at radius 3 is 2.00 bits per heavy atom. The minimum Gasteiger partial charge on any atom is -0.207 e. The van der Waals surface area contributed by atoms with Gasteiger partial charge in [-0.05, 0) is 30.2 Å². The average Bonchev–Trinajstić information content (AvgIpc) is 2.70. The molecule has 0 aromatic heterocycles. The molecule has 0 radical (unpaired) electrons. The van der Waals surface area contributed by atoms with Crippen molar-refractivity contribution < 1.29 is 8.42 Å². The standard InChI is InChI=1S/C23H23NO2S/c1-3-23(21-12-8-5-9-13-21)24(18-20-10-6-4-7-11-20)27(25,26)22-16-14-19(2)15-17-22/h3-17,23H,1,18H2,2H3.